The average molecular weight is 388 g/mol. The van der Waals surface area contributed by atoms with E-state index in [-0.39, 0.29) is 11.7 Å². The SMILES string of the molecule is CC(C)(C(=O)N=C/C=C\C/C=C/N)N1CCN(CCc2ncccc2F)CC1. The van der Waals surface area contributed by atoms with Crippen LogP contribution in [0.2, 0.25) is 0 Å². The summed E-state index contributed by atoms with van der Waals surface area (Å²) >= 11 is 0. The zero-order valence-electron chi connectivity index (χ0n) is 16.7. The molecule has 7 heteroatoms. The number of amides is 1. The highest BCUT2D eigenvalue weighted by Crippen LogP contribution is 2.19. The van der Waals surface area contributed by atoms with Crippen molar-refractivity contribution < 1.29 is 9.18 Å². The van der Waals surface area contributed by atoms with Crippen molar-refractivity contribution >= 4 is 12.1 Å². The van der Waals surface area contributed by atoms with Gasteiger partial charge in [-0.05, 0) is 44.7 Å². The third-order valence-electron chi connectivity index (χ3n) is 5.01. The molecule has 1 aliphatic heterocycles. The molecule has 2 N–H and O–H groups in total. The van der Waals surface area contributed by atoms with E-state index in [0.717, 1.165) is 32.7 Å². The number of piperazine rings is 1. The van der Waals surface area contributed by atoms with E-state index in [1.165, 1.54) is 18.5 Å². The lowest BCUT2D eigenvalue weighted by molar-refractivity contribution is -0.129. The van der Waals surface area contributed by atoms with Crippen molar-refractivity contribution in [3.8, 4) is 0 Å². The van der Waals surface area contributed by atoms with Gasteiger partial charge in [-0.1, -0.05) is 12.2 Å². The number of nitrogens with two attached hydrogens (primary N) is 1. The molecule has 152 valence electrons. The van der Waals surface area contributed by atoms with Gasteiger partial charge >= 0.3 is 0 Å². The molecule has 1 amide bonds. The van der Waals surface area contributed by atoms with Crippen LogP contribution in [0.4, 0.5) is 4.39 Å². The van der Waals surface area contributed by atoms with Gasteiger partial charge in [0.2, 0.25) is 0 Å². The first-order valence-corrected chi connectivity index (χ1v) is 9.62. The molecule has 0 bridgehead atoms. The summed E-state index contributed by atoms with van der Waals surface area (Å²) in [7, 11) is 0. The first-order valence-electron chi connectivity index (χ1n) is 9.62. The van der Waals surface area contributed by atoms with Crippen LogP contribution in [0.1, 0.15) is 26.0 Å². The normalized spacial score (nSPS) is 17.2. The van der Waals surface area contributed by atoms with Gasteiger partial charge in [0.1, 0.15) is 5.82 Å². The lowest BCUT2D eigenvalue weighted by Crippen LogP contribution is -2.57. The number of pyridine rings is 1. The van der Waals surface area contributed by atoms with Crippen LogP contribution in [0.25, 0.3) is 0 Å². The smallest absolute Gasteiger partial charge is 0.265 e. The predicted octanol–water partition coefficient (Wildman–Crippen LogP) is 2.18. The van der Waals surface area contributed by atoms with E-state index in [2.05, 4.69) is 19.8 Å². The van der Waals surface area contributed by atoms with Gasteiger partial charge in [0, 0.05) is 51.6 Å². The van der Waals surface area contributed by atoms with E-state index >= 15 is 0 Å². The molecule has 0 radical (unpaired) electrons. The number of nitrogens with zero attached hydrogens (tertiary/aromatic N) is 4. The van der Waals surface area contributed by atoms with Gasteiger partial charge in [-0.3, -0.25) is 14.7 Å². The van der Waals surface area contributed by atoms with Gasteiger partial charge in [0.15, 0.2) is 0 Å². The van der Waals surface area contributed by atoms with Crippen LogP contribution in [-0.4, -0.2) is 65.2 Å². The van der Waals surface area contributed by atoms with Crippen molar-refractivity contribution in [2.24, 2.45) is 10.7 Å². The number of hydrogen-bond acceptors (Lipinski definition) is 5. The number of carbonyl (C=O) groups is 1. The summed E-state index contributed by atoms with van der Waals surface area (Å²) in [5.41, 5.74) is 5.12. The largest absolute Gasteiger partial charge is 0.405 e. The molecule has 28 heavy (non-hydrogen) atoms. The monoisotopic (exact) mass is 387 g/mol. The number of rotatable bonds is 8. The van der Waals surface area contributed by atoms with E-state index in [9.17, 15) is 9.18 Å². The summed E-state index contributed by atoms with van der Waals surface area (Å²) in [6.45, 7) is 7.79. The maximum absolute atomic E-state index is 13.7. The second-order valence-corrected chi connectivity index (χ2v) is 7.24. The molecule has 0 spiro atoms. The Labute approximate surface area is 166 Å². The van der Waals surface area contributed by atoms with Crippen molar-refractivity contribution in [3.05, 3.63) is 54.3 Å². The molecule has 1 fully saturated rings. The quantitative estimate of drug-likeness (QED) is 0.692. The van der Waals surface area contributed by atoms with Crippen LogP contribution in [0, 0.1) is 5.82 Å². The van der Waals surface area contributed by atoms with E-state index in [0.29, 0.717) is 18.5 Å². The first kappa shape index (κ1) is 21.9. The fourth-order valence-electron chi connectivity index (χ4n) is 3.10. The molecule has 0 aliphatic carbocycles. The van der Waals surface area contributed by atoms with E-state index in [4.69, 9.17) is 5.73 Å². The fourth-order valence-corrected chi connectivity index (χ4v) is 3.10. The van der Waals surface area contributed by atoms with Crippen LogP contribution >= 0.6 is 0 Å². The molecule has 6 nitrogen and oxygen atoms in total. The average Bonchev–Trinajstić information content (AvgIpc) is 2.70. The number of halogens is 1. The van der Waals surface area contributed by atoms with Gasteiger partial charge < -0.3 is 10.6 Å². The Kier molecular flexibility index (Phi) is 8.47. The number of allylic oxidation sites excluding steroid dienone is 3. The Morgan fingerprint density at radius 3 is 2.75 bits per heavy atom. The molecule has 2 heterocycles. The number of aliphatic imine (C=N–C) groups is 1. The first-order chi connectivity index (χ1) is 13.4. The van der Waals surface area contributed by atoms with E-state index in [1.54, 1.807) is 18.3 Å². The minimum atomic E-state index is -0.652. The van der Waals surface area contributed by atoms with Crippen molar-refractivity contribution in [1.29, 1.82) is 0 Å². The lowest BCUT2D eigenvalue weighted by atomic mass is 10.0. The predicted molar refractivity (Wildman–Crippen MR) is 111 cm³/mol. The Hall–Kier alpha value is -2.38. The highest BCUT2D eigenvalue weighted by atomic mass is 19.1. The van der Waals surface area contributed by atoms with Crippen LogP contribution in [0.15, 0.2) is 47.7 Å². The van der Waals surface area contributed by atoms with Gasteiger partial charge in [-0.2, -0.15) is 0 Å². The summed E-state index contributed by atoms with van der Waals surface area (Å²) in [6, 6.07) is 3.05. The summed E-state index contributed by atoms with van der Waals surface area (Å²) < 4.78 is 13.7. The second-order valence-electron chi connectivity index (χ2n) is 7.24. The van der Waals surface area contributed by atoms with Crippen LogP contribution in [0.3, 0.4) is 0 Å². The van der Waals surface area contributed by atoms with Gasteiger partial charge in [0.05, 0.1) is 11.2 Å². The number of aromatic nitrogens is 1. The van der Waals surface area contributed by atoms with E-state index < -0.39 is 5.54 Å². The zero-order valence-corrected chi connectivity index (χ0v) is 16.7. The summed E-state index contributed by atoms with van der Waals surface area (Å²) in [5.74, 6) is -0.408. The van der Waals surface area contributed by atoms with Crippen molar-refractivity contribution in [1.82, 2.24) is 14.8 Å². The van der Waals surface area contributed by atoms with Gasteiger partial charge in [-0.15, -0.1) is 0 Å². The standard InChI is InChI=1S/C21H30FN5O/c1-21(2,20(28)25-11-6-4-3-5-10-23)27-16-14-26(15-17-27)13-9-19-18(22)8-7-12-24-19/h4-8,10-12H,3,9,13-17,23H2,1-2H3/b6-4-,10-5+,25-11?. The summed E-state index contributed by atoms with van der Waals surface area (Å²) in [6.07, 6.45) is 11.4. The van der Waals surface area contributed by atoms with Crippen LogP contribution < -0.4 is 5.73 Å². The van der Waals surface area contributed by atoms with Gasteiger partial charge in [0.25, 0.3) is 5.91 Å². The second kappa shape index (κ2) is 10.8. The van der Waals surface area contributed by atoms with E-state index in [1.807, 2.05) is 26.0 Å². The highest BCUT2D eigenvalue weighted by Gasteiger charge is 2.35. The maximum atomic E-state index is 13.7. The molecule has 0 unspecified atom stereocenters. The molecule has 0 saturated carbocycles. The molecule has 0 atom stereocenters. The molecule has 1 aliphatic rings. The Morgan fingerprint density at radius 1 is 1.32 bits per heavy atom. The third kappa shape index (κ3) is 6.35. The lowest BCUT2D eigenvalue weighted by Gasteiger charge is -2.42. The molecule has 1 aromatic rings. The summed E-state index contributed by atoms with van der Waals surface area (Å²) in [5, 5.41) is 0. The molecule has 1 aromatic heterocycles. The van der Waals surface area contributed by atoms with Crippen molar-refractivity contribution in [2.75, 3.05) is 32.7 Å². The topological polar surface area (TPSA) is 74.8 Å². The minimum absolute atomic E-state index is 0.157. The van der Waals surface area contributed by atoms with Gasteiger partial charge in [-0.25, -0.2) is 9.38 Å². The zero-order chi connectivity index (χ0) is 20.4. The molecule has 2 rings (SSSR count). The maximum Gasteiger partial charge on any atom is 0.265 e. The highest BCUT2D eigenvalue weighted by molar-refractivity contribution is 5.94. The minimum Gasteiger partial charge on any atom is -0.405 e. The van der Waals surface area contributed by atoms with Crippen LogP contribution in [0.5, 0.6) is 0 Å². The van der Waals surface area contributed by atoms with Crippen molar-refractivity contribution in [3.63, 3.8) is 0 Å². The van der Waals surface area contributed by atoms with Crippen molar-refractivity contribution in [2.45, 2.75) is 32.2 Å². The molecular formula is C21H30FN5O. The number of hydrogen-bond donors (Lipinski definition) is 1. The number of carbonyl (C=O) groups excluding carboxylic acids is 1. The molecular weight excluding hydrogens is 357 g/mol. The summed E-state index contributed by atoms with van der Waals surface area (Å²) in [4.78, 5) is 25.1. The Bertz CT molecular complexity index is 721. The van der Waals surface area contributed by atoms with Crippen LogP contribution in [-0.2, 0) is 11.2 Å². The molecule has 0 aromatic carbocycles. The Balaban J connectivity index is 1.80. The Morgan fingerprint density at radius 2 is 2.07 bits per heavy atom. The molecule has 1 saturated heterocycles. The fraction of sp³-hybridized carbons (Fsp3) is 0.476. The third-order valence-corrected chi connectivity index (χ3v) is 5.01.